The Bertz CT molecular complexity index is 1390. The van der Waals surface area contributed by atoms with Crippen LogP contribution < -0.4 is 10.1 Å². The van der Waals surface area contributed by atoms with Crippen LogP contribution in [0.1, 0.15) is 51.8 Å². The molecule has 0 atom stereocenters. The van der Waals surface area contributed by atoms with Gasteiger partial charge in [0.1, 0.15) is 5.65 Å². The molecule has 188 valence electrons. The molecule has 1 aliphatic carbocycles. The van der Waals surface area contributed by atoms with Gasteiger partial charge in [-0.25, -0.2) is 14.1 Å². The number of fused-ring (bicyclic) bond motifs is 1. The fraction of sp³-hybridized carbons (Fsp3) is 0.400. The van der Waals surface area contributed by atoms with Gasteiger partial charge in [-0.1, -0.05) is 11.3 Å². The minimum absolute atomic E-state index is 0.0711. The van der Waals surface area contributed by atoms with E-state index in [2.05, 4.69) is 56.3 Å². The van der Waals surface area contributed by atoms with Crippen LogP contribution in [0.3, 0.4) is 0 Å². The average Bonchev–Trinajstić information content (AvgIpc) is 3.48. The number of amides is 1. The number of rotatable bonds is 10. The molecule has 1 aliphatic rings. The topological polar surface area (TPSA) is 102 Å². The van der Waals surface area contributed by atoms with E-state index < -0.39 is 11.7 Å². The molecule has 4 aromatic heterocycles. The minimum atomic E-state index is -0.606. The van der Waals surface area contributed by atoms with Gasteiger partial charge in [0.05, 0.1) is 37.8 Å². The number of likely N-dealkylation sites (N-methyl/N-ethyl adjacent to an activating group) is 1. The molecule has 0 bridgehead atoms. The first-order chi connectivity index (χ1) is 17.4. The van der Waals surface area contributed by atoms with Gasteiger partial charge < -0.3 is 19.4 Å². The van der Waals surface area contributed by atoms with E-state index in [-0.39, 0.29) is 23.7 Å². The normalized spacial score (nSPS) is 13.5. The highest BCUT2D eigenvalue weighted by Gasteiger charge is 2.25. The third-order valence-corrected chi connectivity index (χ3v) is 6.23. The van der Waals surface area contributed by atoms with Crippen molar-refractivity contribution in [3.8, 4) is 5.75 Å². The van der Waals surface area contributed by atoms with Crippen molar-refractivity contribution in [3.63, 3.8) is 0 Å². The Kier molecular flexibility index (Phi) is 6.64. The molecule has 0 spiro atoms. The molecule has 1 fully saturated rings. The second-order valence-electron chi connectivity index (χ2n) is 9.35. The van der Waals surface area contributed by atoms with Crippen molar-refractivity contribution in [2.75, 3.05) is 27.7 Å². The first kappa shape index (κ1) is 23.9. The van der Waals surface area contributed by atoms with Gasteiger partial charge in [-0.3, -0.25) is 9.78 Å². The number of nitrogens with one attached hydrogen (secondary N) is 1. The molecule has 0 saturated heterocycles. The van der Waals surface area contributed by atoms with Crippen LogP contribution in [-0.2, 0) is 19.5 Å². The molecule has 4 heterocycles. The Hall–Kier alpha value is -3.86. The fourth-order valence-corrected chi connectivity index (χ4v) is 4.14. The highest BCUT2D eigenvalue weighted by molar-refractivity contribution is 5.91. The van der Waals surface area contributed by atoms with Crippen LogP contribution in [0.4, 0.5) is 4.39 Å². The van der Waals surface area contributed by atoms with Crippen LogP contribution >= 0.6 is 0 Å². The van der Waals surface area contributed by atoms with Gasteiger partial charge in [-0.05, 0) is 50.4 Å². The molecule has 0 radical (unpaired) electrons. The first-order valence-corrected chi connectivity index (χ1v) is 11.9. The predicted octanol–water partition coefficient (Wildman–Crippen LogP) is 2.43. The Morgan fingerprint density at radius 3 is 2.86 bits per heavy atom. The van der Waals surface area contributed by atoms with Crippen LogP contribution in [0.5, 0.6) is 5.75 Å². The summed E-state index contributed by atoms with van der Waals surface area (Å²) >= 11 is 0. The maximum atomic E-state index is 14.3. The Morgan fingerprint density at radius 1 is 1.28 bits per heavy atom. The molecule has 1 amide bonds. The van der Waals surface area contributed by atoms with E-state index in [4.69, 9.17) is 9.72 Å². The van der Waals surface area contributed by atoms with Crippen molar-refractivity contribution in [1.29, 1.82) is 0 Å². The summed E-state index contributed by atoms with van der Waals surface area (Å²) < 4.78 is 22.9. The van der Waals surface area contributed by atoms with Gasteiger partial charge in [-0.2, -0.15) is 0 Å². The van der Waals surface area contributed by atoms with E-state index in [1.165, 1.54) is 43.3 Å². The van der Waals surface area contributed by atoms with Gasteiger partial charge in [0, 0.05) is 31.2 Å². The smallest absolute Gasteiger partial charge is 0.273 e. The predicted molar refractivity (Wildman–Crippen MR) is 130 cm³/mol. The number of carbonyl (C=O) groups excluding carboxylic acids is 1. The summed E-state index contributed by atoms with van der Waals surface area (Å²) in [5.74, 6) is -0.358. The zero-order valence-electron chi connectivity index (χ0n) is 20.6. The second-order valence-corrected chi connectivity index (χ2v) is 9.35. The van der Waals surface area contributed by atoms with Crippen LogP contribution in [0.15, 0.2) is 36.9 Å². The number of hydrogen-bond acceptors (Lipinski definition) is 7. The maximum absolute atomic E-state index is 14.3. The van der Waals surface area contributed by atoms with Gasteiger partial charge in [0.15, 0.2) is 17.3 Å². The number of imidazole rings is 1. The number of halogens is 1. The highest BCUT2D eigenvalue weighted by Crippen LogP contribution is 2.40. The number of hydrogen-bond donors (Lipinski definition) is 1. The van der Waals surface area contributed by atoms with Crippen LogP contribution in [0, 0.1) is 5.82 Å². The summed E-state index contributed by atoms with van der Waals surface area (Å²) in [6.07, 6.45) is 10.6. The van der Waals surface area contributed by atoms with Gasteiger partial charge in [0.2, 0.25) is 0 Å². The number of methoxy groups -OCH3 is 1. The summed E-state index contributed by atoms with van der Waals surface area (Å²) in [5.41, 5.74) is 4.58. The summed E-state index contributed by atoms with van der Waals surface area (Å²) in [7, 11) is 5.51. The molecule has 11 heteroatoms. The van der Waals surface area contributed by atoms with Crippen LogP contribution in [-0.4, -0.2) is 67.9 Å². The maximum Gasteiger partial charge on any atom is 0.273 e. The number of nitrogens with zero attached hydrogens (tertiary/aromatic N) is 7. The lowest BCUT2D eigenvalue weighted by Gasteiger charge is -2.11. The Balaban J connectivity index is 1.28. The van der Waals surface area contributed by atoms with E-state index in [0.29, 0.717) is 12.5 Å². The minimum Gasteiger partial charge on any atom is -0.494 e. The van der Waals surface area contributed by atoms with Crippen molar-refractivity contribution in [2.24, 2.45) is 0 Å². The molecule has 36 heavy (non-hydrogen) atoms. The molecule has 0 unspecified atom stereocenters. The van der Waals surface area contributed by atoms with E-state index in [9.17, 15) is 9.18 Å². The molecule has 0 aliphatic heterocycles. The first-order valence-electron chi connectivity index (χ1n) is 11.9. The van der Waals surface area contributed by atoms with E-state index >= 15 is 0 Å². The zero-order valence-corrected chi connectivity index (χ0v) is 20.6. The Labute approximate surface area is 208 Å². The summed E-state index contributed by atoms with van der Waals surface area (Å²) in [5, 5.41) is 10.7. The second kappa shape index (κ2) is 10.0. The highest BCUT2D eigenvalue weighted by atomic mass is 19.1. The molecule has 0 aromatic carbocycles. The lowest BCUT2D eigenvalue weighted by Crippen LogP contribution is -2.24. The standard InChI is InChI=1S/C25H29FN8O2/c1-32(2)9-7-17-10-18(16-4-5-16)12-33-13-19(29-24(17)33)14-34-15-21(30-31-34)25(35)28-11-20-23(26)22(36-3)6-8-27-20/h6,8,10,12-13,15-16H,4-5,7,9,11,14H2,1-3H3,(H,28,35). The van der Waals surface area contributed by atoms with Gasteiger partial charge in [-0.15, -0.1) is 5.10 Å². The third-order valence-electron chi connectivity index (χ3n) is 6.23. The quantitative estimate of drug-likeness (QED) is 0.363. The van der Waals surface area contributed by atoms with Crippen molar-refractivity contribution >= 4 is 11.6 Å². The monoisotopic (exact) mass is 492 g/mol. The molecule has 5 rings (SSSR count). The third kappa shape index (κ3) is 5.20. The van der Waals surface area contributed by atoms with Crippen molar-refractivity contribution in [1.82, 2.24) is 39.6 Å². The lowest BCUT2D eigenvalue weighted by molar-refractivity contribution is 0.0945. The molecule has 4 aromatic rings. The lowest BCUT2D eigenvalue weighted by atomic mass is 10.1. The van der Waals surface area contributed by atoms with E-state index in [1.807, 2.05) is 6.20 Å². The van der Waals surface area contributed by atoms with Crippen LogP contribution in [0.2, 0.25) is 0 Å². The number of ether oxygens (including phenoxy) is 1. The SMILES string of the molecule is COc1ccnc(CNC(=O)c2cn(Cc3cn4cc(C5CC5)cc(CCN(C)C)c4n3)nn2)c1F. The summed E-state index contributed by atoms with van der Waals surface area (Å²) in [6, 6.07) is 3.72. The largest absolute Gasteiger partial charge is 0.494 e. The Morgan fingerprint density at radius 2 is 2.11 bits per heavy atom. The number of carbonyl (C=O) groups is 1. The summed E-state index contributed by atoms with van der Waals surface area (Å²) in [6.45, 7) is 1.23. The van der Waals surface area contributed by atoms with Gasteiger partial charge in [0.25, 0.3) is 5.91 Å². The van der Waals surface area contributed by atoms with E-state index in [0.717, 1.165) is 24.3 Å². The molecular formula is C25H29FN8O2. The van der Waals surface area contributed by atoms with Crippen molar-refractivity contribution in [2.45, 2.75) is 38.3 Å². The average molecular weight is 493 g/mol. The zero-order chi connectivity index (χ0) is 25.2. The van der Waals surface area contributed by atoms with Crippen LogP contribution in [0.25, 0.3) is 5.65 Å². The number of aromatic nitrogens is 6. The van der Waals surface area contributed by atoms with E-state index in [1.54, 1.807) is 10.9 Å². The molecular weight excluding hydrogens is 463 g/mol. The fourth-order valence-electron chi connectivity index (χ4n) is 4.14. The molecule has 10 nitrogen and oxygen atoms in total. The number of pyridine rings is 2. The molecule has 1 N–H and O–H groups in total. The van der Waals surface area contributed by atoms with Crippen molar-refractivity contribution in [3.05, 3.63) is 70.9 Å². The molecule has 1 saturated carbocycles. The van der Waals surface area contributed by atoms with Gasteiger partial charge >= 0.3 is 0 Å². The summed E-state index contributed by atoms with van der Waals surface area (Å²) in [4.78, 5) is 23.5. The van der Waals surface area contributed by atoms with Crippen molar-refractivity contribution < 1.29 is 13.9 Å².